The second-order valence-electron chi connectivity index (χ2n) is 7.20. The fourth-order valence-electron chi connectivity index (χ4n) is 3.57. The van der Waals surface area contributed by atoms with Crippen molar-refractivity contribution in [1.29, 1.82) is 0 Å². The molecule has 5 heteroatoms. The van der Waals surface area contributed by atoms with Crippen LogP contribution < -0.4 is 5.32 Å². The molecule has 0 aromatic carbocycles. The van der Waals surface area contributed by atoms with Gasteiger partial charge < -0.3 is 14.6 Å². The van der Waals surface area contributed by atoms with Gasteiger partial charge >= 0.3 is 6.03 Å². The lowest BCUT2D eigenvalue weighted by atomic mass is 10.1. The van der Waals surface area contributed by atoms with E-state index in [2.05, 4.69) is 17.1 Å². The number of amides is 2. The first kappa shape index (κ1) is 17.3. The van der Waals surface area contributed by atoms with Crippen LogP contribution in [0.3, 0.4) is 0 Å². The standard InChI is InChI=1S/C19H31N3O2/c1-2-10-22(15-16-8-9-16)19(23)20-14-17(18-7-6-13-24-18)21-11-4-3-5-12-21/h6-7,13,16-17H,2-5,8-12,14-15H2,1H3,(H,20,23). The van der Waals surface area contributed by atoms with Crippen molar-refractivity contribution < 1.29 is 9.21 Å². The Labute approximate surface area is 145 Å². The van der Waals surface area contributed by atoms with E-state index in [1.54, 1.807) is 6.26 Å². The summed E-state index contributed by atoms with van der Waals surface area (Å²) in [6.45, 7) is 6.68. The number of carbonyl (C=O) groups is 1. The van der Waals surface area contributed by atoms with Gasteiger partial charge in [0, 0.05) is 19.6 Å². The summed E-state index contributed by atoms with van der Waals surface area (Å²) >= 11 is 0. The molecular weight excluding hydrogens is 302 g/mol. The van der Waals surface area contributed by atoms with Crippen molar-refractivity contribution in [2.75, 3.05) is 32.7 Å². The Morgan fingerprint density at radius 2 is 2.17 bits per heavy atom. The smallest absolute Gasteiger partial charge is 0.317 e. The Balaban J connectivity index is 1.58. The van der Waals surface area contributed by atoms with Crippen LogP contribution in [0.25, 0.3) is 0 Å². The van der Waals surface area contributed by atoms with Gasteiger partial charge in [-0.2, -0.15) is 0 Å². The van der Waals surface area contributed by atoms with Gasteiger partial charge in [-0.3, -0.25) is 4.90 Å². The topological polar surface area (TPSA) is 48.7 Å². The molecular formula is C19H31N3O2. The average molecular weight is 333 g/mol. The van der Waals surface area contributed by atoms with Crippen LogP contribution in [0.4, 0.5) is 4.79 Å². The van der Waals surface area contributed by atoms with Crippen LogP contribution in [0.2, 0.25) is 0 Å². The second kappa shape index (κ2) is 8.56. The average Bonchev–Trinajstić information content (AvgIpc) is 3.26. The van der Waals surface area contributed by atoms with Gasteiger partial charge in [0.05, 0.1) is 12.3 Å². The minimum Gasteiger partial charge on any atom is -0.468 e. The third kappa shape index (κ3) is 4.76. The number of hydrogen-bond acceptors (Lipinski definition) is 3. The molecule has 0 bridgehead atoms. The summed E-state index contributed by atoms with van der Waals surface area (Å²) in [7, 11) is 0. The Hall–Kier alpha value is -1.49. The minimum atomic E-state index is 0.0808. The van der Waals surface area contributed by atoms with Crippen molar-refractivity contribution in [3.05, 3.63) is 24.2 Å². The Morgan fingerprint density at radius 3 is 2.79 bits per heavy atom. The van der Waals surface area contributed by atoms with Crippen LogP contribution in [0, 0.1) is 5.92 Å². The van der Waals surface area contributed by atoms with Gasteiger partial charge in [-0.25, -0.2) is 4.79 Å². The number of nitrogens with one attached hydrogen (secondary N) is 1. The van der Waals surface area contributed by atoms with Crippen molar-refractivity contribution in [2.45, 2.75) is 51.5 Å². The summed E-state index contributed by atoms with van der Waals surface area (Å²) in [5, 5.41) is 3.17. The molecule has 24 heavy (non-hydrogen) atoms. The molecule has 1 aromatic heterocycles. The van der Waals surface area contributed by atoms with E-state index >= 15 is 0 Å². The molecule has 1 N–H and O–H groups in total. The van der Waals surface area contributed by atoms with Crippen molar-refractivity contribution in [3.63, 3.8) is 0 Å². The zero-order valence-electron chi connectivity index (χ0n) is 14.9. The molecule has 1 saturated carbocycles. The second-order valence-corrected chi connectivity index (χ2v) is 7.20. The van der Waals surface area contributed by atoms with Gasteiger partial charge in [0.2, 0.25) is 0 Å². The van der Waals surface area contributed by atoms with Crippen LogP contribution in [-0.4, -0.2) is 48.6 Å². The number of piperidine rings is 1. The summed E-state index contributed by atoms with van der Waals surface area (Å²) in [5.74, 6) is 1.69. The lowest BCUT2D eigenvalue weighted by Crippen LogP contribution is -2.46. The minimum absolute atomic E-state index is 0.0808. The molecule has 2 heterocycles. The third-order valence-electron chi connectivity index (χ3n) is 5.11. The van der Waals surface area contributed by atoms with Crippen molar-refractivity contribution >= 4 is 6.03 Å². The van der Waals surface area contributed by atoms with Gasteiger partial charge in [0.15, 0.2) is 0 Å². The summed E-state index contributed by atoms with van der Waals surface area (Å²) in [6, 6.07) is 4.19. The molecule has 2 aliphatic rings. The van der Waals surface area contributed by atoms with E-state index in [1.165, 1.54) is 32.1 Å². The molecule has 1 aliphatic heterocycles. The predicted molar refractivity (Wildman–Crippen MR) is 94.9 cm³/mol. The number of likely N-dealkylation sites (tertiary alicyclic amines) is 1. The molecule has 1 unspecified atom stereocenters. The Bertz CT molecular complexity index is 493. The van der Waals surface area contributed by atoms with Crippen LogP contribution >= 0.6 is 0 Å². The lowest BCUT2D eigenvalue weighted by molar-refractivity contribution is 0.139. The van der Waals surface area contributed by atoms with Gasteiger partial charge in [-0.1, -0.05) is 13.3 Å². The highest BCUT2D eigenvalue weighted by molar-refractivity contribution is 5.74. The number of nitrogens with zero attached hydrogens (tertiary/aromatic N) is 2. The summed E-state index contributed by atoms with van der Waals surface area (Å²) in [5.41, 5.74) is 0. The predicted octanol–water partition coefficient (Wildman–Crippen LogP) is 3.64. The van der Waals surface area contributed by atoms with Crippen LogP contribution in [0.15, 0.2) is 22.8 Å². The number of furan rings is 1. The highest BCUT2D eigenvalue weighted by Crippen LogP contribution is 2.30. The Morgan fingerprint density at radius 1 is 1.38 bits per heavy atom. The summed E-state index contributed by atoms with van der Waals surface area (Å²) < 4.78 is 5.66. The van der Waals surface area contributed by atoms with Crippen LogP contribution in [0.5, 0.6) is 0 Å². The summed E-state index contributed by atoms with van der Waals surface area (Å²) in [6.07, 6.45) is 9.05. The number of carbonyl (C=O) groups excluding carboxylic acids is 1. The van der Waals surface area contributed by atoms with E-state index in [0.29, 0.717) is 6.54 Å². The first-order valence-corrected chi connectivity index (χ1v) is 9.58. The van der Waals surface area contributed by atoms with Crippen LogP contribution in [-0.2, 0) is 0 Å². The highest BCUT2D eigenvalue weighted by atomic mass is 16.3. The number of rotatable bonds is 8. The molecule has 134 valence electrons. The third-order valence-corrected chi connectivity index (χ3v) is 5.11. The van der Waals surface area contributed by atoms with E-state index in [0.717, 1.165) is 44.3 Å². The number of hydrogen-bond donors (Lipinski definition) is 1. The van der Waals surface area contributed by atoms with Gasteiger partial charge in [-0.05, 0) is 63.2 Å². The van der Waals surface area contributed by atoms with Crippen molar-refractivity contribution in [1.82, 2.24) is 15.1 Å². The molecule has 5 nitrogen and oxygen atoms in total. The van der Waals surface area contributed by atoms with Gasteiger partial charge in [-0.15, -0.1) is 0 Å². The quantitative estimate of drug-likeness (QED) is 0.790. The highest BCUT2D eigenvalue weighted by Gasteiger charge is 2.28. The molecule has 1 atom stereocenters. The van der Waals surface area contributed by atoms with E-state index in [9.17, 15) is 4.79 Å². The van der Waals surface area contributed by atoms with Crippen molar-refractivity contribution in [3.8, 4) is 0 Å². The fraction of sp³-hybridized carbons (Fsp3) is 0.737. The monoisotopic (exact) mass is 333 g/mol. The largest absolute Gasteiger partial charge is 0.468 e. The molecule has 3 rings (SSSR count). The zero-order valence-corrected chi connectivity index (χ0v) is 14.9. The summed E-state index contributed by atoms with van der Waals surface area (Å²) in [4.78, 5) is 17.1. The lowest BCUT2D eigenvalue weighted by Gasteiger charge is -2.34. The first-order valence-electron chi connectivity index (χ1n) is 9.58. The Kier molecular flexibility index (Phi) is 6.18. The SMILES string of the molecule is CCCN(CC1CC1)C(=O)NCC(c1ccco1)N1CCCCC1. The van der Waals surface area contributed by atoms with Gasteiger partial charge in [0.1, 0.15) is 5.76 Å². The maximum Gasteiger partial charge on any atom is 0.317 e. The van der Waals surface area contributed by atoms with E-state index in [-0.39, 0.29) is 12.1 Å². The zero-order chi connectivity index (χ0) is 16.8. The maximum atomic E-state index is 12.6. The molecule has 2 fully saturated rings. The van der Waals surface area contributed by atoms with E-state index < -0.39 is 0 Å². The maximum absolute atomic E-state index is 12.6. The van der Waals surface area contributed by atoms with Crippen molar-refractivity contribution in [2.24, 2.45) is 5.92 Å². The first-order chi connectivity index (χ1) is 11.8. The molecule has 0 spiro atoms. The molecule has 1 aromatic rings. The molecule has 2 amide bonds. The number of urea groups is 1. The molecule has 1 aliphatic carbocycles. The van der Waals surface area contributed by atoms with E-state index in [1.807, 2.05) is 17.0 Å². The van der Waals surface area contributed by atoms with Crippen LogP contribution in [0.1, 0.15) is 57.3 Å². The molecule has 0 radical (unpaired) electrons. The van der Waals surface area contributed by atoms with Gasteiger partial charge in [0.25, 0.3) is 0 Å². The fourth-order valence-corrected chi connectivity index (χ4v) is 3.57. The normalized spacial score (nSPS) is 19.9. The molecule has 1 saturated heterocycles. The van der Waals surface area contributed by atoms with E-state index in [4.69, 9.17) is 4.42 Å².